The number of amides is 1. The van der Waals surface area contributed by atoms with E-state index in [0.717, 1.165) is 24.5 Å². The quantitative estimate of drug-likeness (QED) is 0.494. The number of hydrogen-bond donors (Lipinski definition) is 1. The average Bonchev–Trinajstić information content (AvgIpc) is 3.35. The molecule has 0 unspecified atom stereocenters. The maximum absolute atomic E-state index is 13.0. The molecule has 0 atom stereocenters. The van der Waals surface area contributed by atoms with Gasteiger partial charge < -0.3 is 5.32 Å². The molecule has 0 saturated heterocycles. The number of rotatable bonds is 7. The molecule has 1 aliphatic rings. The zero-order valence-electron chi connectivity index (χ0n) is 16.8. The summed E-state index contributed by atoms with van der Waals surface area (Å²) in [5, 5.41) is 10.8. The molecule has 3 aromatic rings. The summed E-state index contributed by atoms with van der Waals surface area (Å²) in [6.07, 6.45) is -1.03. The van der Waals surface area contributed by atoms with Gasteiger partial charge in [-0.05, 0) is 47.3 Å². The molecule has 6 nitrogen and oxygen atoms in total. The third kappa shape index (κ3) is 5.36. The van der Waals surface area contributed by atoms with E-state index in [-0.39, 0.29) is 24.8 Å². The van der Waals surface area contributed by atoms with Gasteiger partial charge in [-0.3, -0.25) is 14.2 Å². The average molecular weight is 496 g/mol. The lowest BCUT2D eigenvalue weighted by molar-refractivity contribution is -0.141. The van der Waals surface area contributed by atoms with Crippen molar-refractivity contribution in [2.45, 2.75) is 51.4 Å². The van der Waals surface area contributed by atoms with Crippen LogP contribution in [0.1, 0.15) is 47.7 Å². The topological polar surface area (TPSA) is 64.7 Å². The molecule has 0 aliphatic heterocycles. The van der Waals surface area contributed by atoms with E-state index in [1.54, 1.807) is 10.9 Å². The lowest BCUT2D eigenvalue weighted by Gasteiger charge is -2.07. The summed E-state index contributed by atoms with van der Waals surface area (Å²) >= 11 is 3.39. The number of halogens is 4. The first-order valence-corrected chi connectivity index (χ1v) is 10.7. The molecule has 2 heterocycles. The van der Waals surface area contributed by atoms with Gasteiger partial charge in [-0.25, -0.2) is 0 Å². The second-order valence-corrected chi connectivity index (χ2v) is 8.61. The van der Waals surface area contributed by atoms with Crippen LogP contribution in [0.3, 0.4) is 0 Å². The number of benzene rings is 1. The third-order valence-electron chi connectivity index (χ3n) is 5.09. The van der Waals surface area contributed by atoms with Crippen molar-refractivity contribution in [2.24, 2.45) is 0 Å². The van der Waals surface area contributed by atoms with E-state index in [1.807, 2.05) is 31.2 Å². The third-order valence-corrected chi connectivity index (χ3v) is 5.67. The van der Waals surface area contributed by atoms with Crippen molar-refractivity contribution in [3.63, 3.8) is 0 Å². The number of nitrogens with one attached hydrogen (secondary N) is 1. The number of nitrogens with zero attached hydrogens (tertiary/aromatic N) is 4. The first-order chi connectivity index (χ1) is 14.7. The second-order valence-electron chi connectivity index (χ2n) is 7.76. The van der Waals surface area contributed by atoms with Gasteiger partial charge in [0.25, 0.3) is 0 Å². The van der Waals surface area contributed by atoms with Crippen LogP contribution in [0.5, 0.6) is 0 Å². The van der Waals surface area contributed by atoms with Crippen LogP contribution in [0.25, 0.3) is 0 Å². The van der Waals surface area contributed by atoms with E-state index < -0.39 is 11.9 Å². The standard InChI is InChI=1S/C21H21BrF3N5O/c1-13-2-4-14(5-3-13)11-29-12-16(22)20(28-29)26-19(31)8-9-30-17(15-6-7-15)10-18(27-30)21(23,24)25/h2-5,10,12,15H,6-9,11H2,1H3,(H,26,28,31). The number of carbonyl (C=O) groups is 1. The SMILES string of the molecule is Cc1ccc(Cn2cc(Br)c(NC(=O)CCn3nc(C(F)(F)F)cc3C3CC3)n2)cc1. The Bertz CT molecular complexity index is 1080. The Morgan fingerprint density at radius 2 is 1.94 bits per heavy atom. The lowest BCUT2D eigenvalue weighted by Crippen LogP contribution is -2.17. The Morgan fingerprint density at radius 3 is 2.58 bits per heavy atom. The highest BCUT2D eigenvalue weighted by molar-refractivity contribution is 9.10. The summed E-state index contributed by atoms with van der Waals surface area (Å²) in [5.41, 5.74) is 1.88. The zero-order chi connectivity index (χ0) is 22.2. The molecule has 1 saturated carbocycles. The van der Waals surface area contributed by atoms with E-state index in [1.165, 1.54) is 10.2 Å². The normalized spacial score (nSPS) is 14.1. The minimum atomic E-state index is -4.49. The molecule has 0 radical (unpaired) electrons. The van der Waals surface area contributed by atoms with Gasteiger partial charge in [0.05, 0.1) is 11.0 Å². The van der Waals surface area contributed by atoms with Crippen molar-refractivity contribution in [1.29, 1.82) is 0 Å². The zero-order valence-corrected chi connectivity index (χ0v) is 18.4. The Hall–Kier alpha value is -2.62. The molecule has 31 heavy (non-hydrogen) atoms. The maximum Gasteiger partial charge on any atom is 0.435 e. The molecule has 2 aromatic heterocycles. The van der Waals surface area contributed by atoms with Gasteiger partial charge in [-0.1, -0.05) is 29.8 Å². The van der Waals surface area contributed by atoms with Crippen LogP contribution >= 0.6 is 15.9 Å². The molecule has 1 aliphatic carbocycles. The predicted molar refractivity (Wildman–Crippen MR) is 113 cm³/mol. The summed E-state index contributed by atoms with van der Waals surface area (Å²) < 4.78 is 42.7. The first-order valence-electron chi connectivity index (χ1n) is 9.92. The number of aryl methyl sites for hydroxylation is 2. The molecule has 164 valence electrons. The summed E-state index contributed by atoms with van der Waals surface area (Å²) in [6.45, 7) is 2.64. The van der Waals surface area contributed by atoms with Gasteiger partial charge in [0, 0.05) is 30.8 Å². The van der Waals surface area contributed by atoms with E-state index in [9.17, 15) is 18.0 Å². The van der Waals surface area contributed by atoms with E-state index in [2.05, 4.69) is 31.4 Å². The Labute approximate surface area is 185 Å². The van der Waals surface area contributed by atoms with Crippen LogP contribution in [0.15, 0.2) is 41.0 Å². The smallest absolute Gasteiger partial charge is 0.308 e. The van der Waals surface area contributed by atoms with Crippen LogP contribution in [0.4, 0.5) is 19.0 Å². The molecule has 1 fully saturated rings. The molecule has 0 spiro atoms. The highest BCUT2D eigenvalue weighted by Crippen LogP contribution is 2.42. The van der Waals surface area contributed by atoms with Crippen molar-refractivity contribution >= 4 is 27.7 Å². The van der Waals surface area contributed by atoms with Gasteiger partial charge in [0.1, 0.15) is 0 Å². The highest BCUT2D eigenvalue weighted by atomic mass is 79.9. The molecular formula is C21H21BrF3N5O. The van der Waals surface area contributed by atoms with Crippen molar-refractivity contribution in [3.8, 4) is 0 Å². The van der Waals surface area contributed by atoms with E-state index in [0.29, 0.717) is 22.5 Å². The highest BCUT2D eigenvalue weighted by Gasteiger charge is 2.37. The number of anilines is 1. The Balaban J connectivity index is 1.38. The van der Waals surface area contributed by atoms with Crippen LogP contribution in [-0.2, 0) is 24.1 Å². The van der Waals surface area contributed by atoms with Crippen molar-refractivity contribution in [3.05, 3.63) is 63.5 Å². The van der Waals surface area contributed by atoms with Crippen LogP contribution in [0.2, 0.25) is 0 Å². The molecule has 1 amide bonds. The van der Waals surface area contributed by atoms with Crippen LogP contribution in [0, 0.1) is 6.92 Å². The Kier molecular flexibility index (Phi) is 5.92. The van der Waals surface area contributed by atoms with Crippen LogP contribution < -0.4 is 5.32 Å². The first kappa shape index (κ1) is 21.6. The molecule has 1 aromatic carbocycles. The summed E-state index contributed by atoms with van der Waals surface area (Å²) in [5.74, 6) is 0.126. The second kappa shape index (κ2) is 8.49. The number of alkyl halides is 3. The minimum absolute atomic E-state index is 0.00401. The molecule has 10 heteroatoms. The molecule has 1 N–H and O–H groups in total. The molecule has 0 bridgehead atoms. The largest absolute Gasteiger partial charge is 0.435 e. The van der Waals surface area contributed by atoms with Crippen molar-refractivity contribution in [1.82, 2.24) is 19.6 Å². The van der Waals surface area contributed by atoms with Gasteiger partial charge in [0.2, 0.25) is 5.91 Å². The fourth-order valence-corrected chi connectivity index (χ4v) is 3.72. The van der Waals surface area contributed by atoms with E-state index >= 15 is 0 Å². The van der Waals surface area contributed by atoms with Gasteiger partial charge in [-0.2, -0.15) is 23.4 Å². The summed E-state index contributed by atoms with van der Waals surface area (Å²) in [6, 6.07) is 9.16. The van der Waals surface area contributed by atoms with Crippen molar-refractivity contribution in [2.75, 3.05) is 5.32 Å². The van der Waals surface area contributed by atoms with Gasteiger partial charge in [-0.15, -0.1) is 0 Å². The summed E-state index contributed by atoms with van der Waals surface area (Å²) in [7, 11) is 0. The van der Waals surface area contributed by atoms with Crippen LogP contribution in [-0.4, -0.2) is 25.5 Å². The summed E-state index contributed by atoms with van der Waals surface area (Å²) in [4.78, 5) is 12.4. The number of hydrogen-bond acceptors (Lipinski definition) is 3. The predicted octanol–water partition coefficient (Wildman–Crippen LogP) is 5.12. The molecular weight excluding hydrogens is 475 g/mol. The maximum atomic E-state index is 13.0. The van der Waals surface area contributed by atoms with Gasteiger partial charge >= 0.3 is 6.18 Å². The van der Waals surface area contributed by atoms with E-state index in [4.69, 9.17) is 0 Å². The number of aromatic nitrogens is 4. The van der Waals surface area contributed by atoms with Gasteiger partial charge in [0.15, 0.2) is 11.5 Å². The Morgan fingerprint density at radius 1 is 1.23 bits per heavy atom. The fourth-order valence-electron chi connectivity index (χ4n) is 3.30. The molecule has 4 rings (SSSR count). The fraction of sp³-hybridized carbons (Fsp3) is 0.381. The number of carbonyl (C=O) groups excluding carboxylic acids is 1. The monoisotopic (exact) mass is 495 g/mol. The lowest BCUT2D eigenvalue weighted by atomic mass is 10.1. The van der Waals surface area contributed by atoms with Crippen molar-refractivity contribution < 1.29 is 18.0 Å². The minimum Gasteiger partial charge on any atom is -0.308 e.